The summed E-state index contributed by atoms with van der Waals surface area (Å²) in [5.41, 5.74) is 35.2. The second kappa shape index (κ2) is 47.9. The summed E-state index contributed by atoms with van der Waals surface area (Å²) < 4.78 is 211. The molecule has 0 radical (unpaired) electrons. The minimum atomic E-state index is -5.45. The third-order valence-electron chi connectivity index (χ3n) is 24.0. The normalized spacial score (nSPS) is 29.0. The number of nitrogens with one attached hydrogen (secondary N) is 1. The number of nitrogen functional groups attached to an aromatic ring is 6. The van der Waals surface area contributed by atoms with Crippen LogP contribution in [0.2, 0.25) is 0 Å². The first-order valence-electron chi connectivity index (χ1n) is 44.9. The van der Waals surface area contributed by atoms with Crippen molar-refractivity contribution in [2.45, 2.75) is 175 Å². The number of aryl methyl sites for hydroxylation is 2. The van der Waals surface area contributed by atoms with Gasteiger partial charge in [-0.1, -0.05) is 19.2 Å². The summed E-state index contributed by atoms with van der Waals surface area (Å²) in [5.74, 6) is -0.676. The Labute approximate surface area is 846 Å². The molecule has 18 N–H and O–H groups in total. The molecule has 0 aromatic carbocycles. The highest BCUT2D eigenvalue weighted by molar-refractivity contribution is 8.44. The molecule has 16 rings (SSSR count). The van der Waals surface area contributed by atoms with Crippen LogP contribution in [-0.2, 0) is 158 Å². The van der Waals surface area contributed by atoms with E-state index in [1.807, 2.05) is 0 Å². The number of thiol groups is 1. The maximum atomic E-state index is 15.9. The van der Waals surface area contributed by atoms with Gasteiger partial charge in [0.25, 0.3) is 5.56 Å². The first kappa shape index (κ1) is 111. The smallest absolute Gasteiger partial charge is 0.387 e. The molecule has 6 aliphatic heterocycles. The van der Waals surface area contributed by atoms with Crippen LogP contribution in [0, 0.1) is 13.8 Å². The molecule has 16 heterocycles. The van der Waals surface area contributed by atoms with E-state index in [0.717, 1.165) is 21.8 Å². The van der Waals surface area contributed by atoms with Crippen molar-refractivity contribution in [3.05, 3.63) is 99.1 Å². The summed E-state index contributed by atoms with van der Waals surface area (Å²) in [6.07, 6.45) is -23.9. The Morgan fingerprint density at radius 3 is 1.19 bits per heavy atom. The fourth-order valence-corrected chi connectivity index (χ4v) is 23.3. The van der Waals surface area contributed by atoms with Crippen LogP contribution in [0.5, 0.6) is 0 Å². The number of phosphoric acid groups is 2. The van der Waals surface area contributed by atoms with Crippen molar-refractivity contribution in [3.63, 3.8) is 0 Å². The molecule has 147 heavy (non-hydrogen) atoms. The molecule has 0 saturated carbocycles. The molecular weight excluding hydrogens is 2120 g/mol. The van der Waals surface area contributed by atoms with Crippen molar-refractivity contribution in [3.8, 4) is 0 Å². The molecule has 10 aromatic heterocycles. The van der Waals surface area contributed by atoms with E-state index in [9.17, 15) is 48.2 Å². The summed E-state index contributed by atoms with van der Waals surface area (Å²) in [6, 6.07) is 0. The van der Waals surface area contributed by atoms with Crippen molar-refractivity contribution in [2.75, 3.05) is 169 Å². The highest BCUT2D eigenvalue weighted by Crippen LogP contribution is 2.60. The number of fused-ring (bicyclic) bond motifs is 4. The van der Waals surface area contributed by atoms with Gasteiger partial charge >= 0.3 is 47.3 Å². The van der Waals surface area contributed by atoms with Gasteiger partial charge in [-0.25, -0.2) is 73.1 Å². The average molecular weight is 2230 g/mol. The van der Waals surface area contributed by atoms with E-state index >= 15 is 4.57 Å². The van der Waals surface area contributed by atoms with Gasteiger partial charge in [0.15, 0.2) is 76.7 Å². The van der Waals surface area contributed by atoms with E-state index in [1.54, 1.807) is 13.8 Å². The lowest BCUT2D eigenvalue weighted by Gasteiger charge is -2.30. The molecule has 63 nitrogen and oxygen atoms in total. The van der Waals surface area contributed by atoms with Crippen molar-refractivity contribution in [2.24, 2.45) is 0 Å². The fraction of sp³-hybridized carbons (Fsp3) is 0.632. The SMILES string of the molecule is CC[C@H]1O[C@@H](n2cc(C)c(N)nc2=O)[C@@H](OCCOC)C1OP(=O)(O)OC[C@H]1O[C@@H](n2cc(C)c(N)nc2=O)[C@@H](OCCOC)C1OP(O)(=S)OC[C@H]1O[C@@H](n2cnc3c(N)ncnc32)[C@@H](OCCOC)C1OP(=O)(S)OC[C@H]1O[C@@H](n2cnc3c(N)ncnc32)[C@@H](OCCOC)C1OP(O)(=S)OC[C@H]1O[C@@H](n2cnc3c(=O)[nH]c(N)nc32)CC1OP(=O)(O)OC[C@H]1O[C@@H](n2cnc3c(N)ncnc32)[C@@H](OCCOC)C1O. The Morgan fingerprint density at radius 2 is 0.755 bits per heavy atom. The van der Waals surface area contributed by atoms with Crippen LogP contribution in [0.4, 0.5) is 35.0 Å². The number of hydrogen-bond acceptors (Lipinski definition) is 54. The maximum Gasteiger partial charge on any atom is 0.472 e. The van der Waals surface area contributed by atoms with Crippen molar-refractivity contribution < 1.29 is 159 Å². The van der Waals surface area contributed by atoms with Gasteiger partial charge in [0.1, 0.15) is 151 Å². The van der Waals surface area contributed by atoms with Crippen LogP contribution >= 0.6 is 48.1 Å². The summed E-state index contributed by atoms with van der Waals surface area (Å²) >= 11 is 16.3. The van der Waals surface area contributed by atoms with Crippen LogP contribution in [-0.4, -0.2) is 360 Å². The highest BCUT2D eigenvalue weighted by atomic mass is 32.7. The van der Waals surface area contributed by atoms with Gasteiger partial charge < -0.3 is 144 Å². The standard InChI is InChI=1S/C76H109N26O37P5S3/c1-9-37-50(55(120-16-11-115-5)70(130-37)97-21-35(2)59(77)93-75(97)105)136-141(109,110)125-25-41-51(56(121-17-12-116-6)71(132-41)98-22-36(3)60(78)94-76(98)106)137-143(112,146)127-27-43-53(58(123-19-14-118-8)73(134-43)102-34-91-47-63(81)85-30-88-66(47)102)139-144(113,147)128-26-42-52(57(122-18-13-117-7)72(133-42)101-33-90-46-62(80)84-29-87-65(46)101)138-142(111,145)126-23-39-38(20-44(129-39)99-31-92-48-67(99)95-74(82)96-68(48)104)135-140(107,108)124-24-40-49(103)54(119-15-10-114-4)69(131-40)100-32-89-45-61(79)83-28-86-64(45)100/h21-22,28-34,37-44,49-58,69-73,103H,9-20,23-27H2,1-8H3,(H,107,108)(H,109,110)(H,111,145)(H,112,146)(H,113,147)(H2,77,93,105)(H2,78,94,106)(H2,79,83,86)(H2,80,84,87)(H2,81,85,88)(H3,82,95,96,104)/t37-,38?,39-,40-,41-,42-,43-,44-,49?,50?,51?,52?,53?,54+,55+,56+,57+,58+,69-,70-,71-,72-,73-,142?,143?,144?/m1/s1. The van der Waals surface area contributed by atoms with Gasteiger partial charge in [-0.2, -0.15) is 15.0 Å². The van der Waals surface area contributed by atoms with E-state index in [4.69, 9.17) is 179 Å². The van der Waals surface area contributed by atoms with Gasteiger partial charge in [-0.3, -0.25) is 73.4 Å². The molecular formula is C76H109N26O37P5S3. The summed E-state index contributed by atoms with van der Waals surface area (Å²) in [4.78, 5) is 147. The van der Waals surface area contributed by atoms with Crippen LogP contribution in [0.25, 0.3) is 44.7 Å². The molecule has 0 amide bonds. The van der Waals surface area contributed by atoms with E-state index < -0.39 is 233 Å². The predicted molar refractivity (Wildman–Crippen MR) is 513 cm³/mol. The van der Waals surface area contributed by atoms with E-state index in [0.29, 0.717) is 5.56 Å². The predicted octanol–water partition coefficient (Wildman–Crippen LogP) is -0.352. The lowest BCUT2D eigenvalue weighted by Crippen LogP contribution is -2.41. The minimum Gasteiger partial charge on any atom is -0.387 e. The minimum absolute atomic E-state index is 0.0121. The zero-order valence-corrected chi connectivity index (χ0v) is 86.3. The monoisotopic (exact) mass is 2230 g/mol. The third-order valence-corrected chi connectivity index (χ3v) is 30.7. The Kier molecular flexibility index (Phi) is 36.3. The number of aliphatic hydroxyl groups is 1. The van der Waals surface area contributed by atoms with Gasteiger partial charge in [0, 0.05) is 65.5 Å². The quantitative estimate of drug-likeness (QED) is 0.0132. The Hall–Kier alpha value is -8.34. The second-order valence-electron chi connectivity index (χ2n) is 33.5. The molecule has 6 fully saturated rings. The van der Waals surface area contributed by atoms with Crippen LogP contribution in [0.15, 0.2) is 71.1 Å². The zero-order valence-electron chi connectivity index (χ0n) is 79.3. The van der Waals surface area contributed by atoms with Gasteiger partial charge in [0.05, 0.1) is 131 Å². The van der Waals surface area contributed by atoms with Gasteiger partial charge in [-0.15, -0.1) is 0 Å². The summed E-state index contributed by atoms with van der Waals surface area (Å²) in [6.45, 7) is -16.2. The molecule has 71 heteroatoms. The van der Waals surface area contributed by atoms with Crippen LogP contribution in [0.3, 0.4) is 0 Å². The van der Waals surface area contributed by atoms with Crippen LogP contribution < -0.4 is 51.3 Å². The summed E-state index contributed by atoms with van der Waals surface area (Å²) in [7, 11) is -3.90. The number of ether oxygens (including phenoxy) is 16. The first-order valence-corrected chi connectivity index (χ1v) is 55.7. The van der Waals surface area contributed by atoms with Crippen molar-refractivity contribution >= 4 is 151 Å². The number of phosphoric ester groups is 2. The van der Waals surface area contributed by atoms with Crippen molar-refractivity contribution in [1.29, 1.82) is 0 Å². The number of H-pyrrole nitrogens is 1. The molecule has 10 aromatic rings. The first-order chi connectivity index (χ1) is 70.2. The summed E-state index contributed by atoms with van der Waals surface area (Å²) in [5, 5.41) is 11.8. The number of imidazole rings is 4. The Balaban J connectivity index is 0.681. The number of hydrogen-bond donors (Lipinski definition) is 13. The molecule has 28 atom stereocenters. The zero-order chi connectivity index (χ0) is 105. The average Bonchev–Trinajstić information content (AvgIpc) is 1.59. The lowest BCUT2D eigenvalue weighted by atomic mass is 10.1. The largest absolute Gasteiger partial charge is 0.472 e. The Morgan fingerprint density at radius 1 is 0.401 bits per heavy atom. The van der Waals surface area contributed by atoms with E-state index in [-0.39, 0.29) is 158 Å². The topological polar surface area (TPSA) is 813 Å². The number of methoxy groups -OCH3 is 5. The number of nitrogens with two attached hydrogens (primary N) is 6. The van der Waals surface area contributed by atoms with Crippen LogP contribution in [0.1, 0.15) is 68.3 Å². The number of aromatic nitrogens is 20. The maximum absolute atomic E-state index is 15.9. The van der Waals surface area contributed by atoms with Crippen molar-refractivity contribution in [1.82, 2.24) is 97.2 Å². The molecule has 0 spiro atoms. The molecule has 11 unspecified atom stereocenters. The number of anilines is 6. The molecule has 0 bridgehead atoms. The van der Waals surface area contributed by atoms with Gasteiger partial charge in [0.2, 0.25) is 5.95 Å². The molecule has 6 aliphatic rings. The number of aliphatic hydroxyl groups excluding tert-OH is 1. The number of nitrogens with zero attached hydrogens (tertiary/aromatic N) is 19. The molecule has 6 saturated heterocycles. The number of rotatable bonds is 52. The molecule has 0 aliphatic carbocycles. The lowest BCUT2D eigenvalue weighted by molar-refractivity contribution is -0.0844. The Bertz CT molecular complexity index is 6710. The van der Waals surface area contributed by atoms with E-state index in [2.05, 4.69) is 82.0 Å². The second-order valence-corrected chi connectivity index (χ2v) is 44.8. The highest BCUT2D eigenvalue weighted by Gasteiger charge is 2.58. The molecule has 808 valence electrons. The van der Waals surface area contributed by atoms with E-state index in [1.165, 1.54) is 105 Å². The number of aromatic amines is 1. The third kappa shape index (κ3) is 25.4. The fourth-order valence-electron chi connectivity index (χ4n) is 17.0. The van der Waals surface area contributed by atoms with Gasteiger partial charge in [-0.05, 0) is 43.9 Å².